The monoisotopic (exact) mass is 382 g/mol. The summed E-state index contributed by atoms with van der Waals surface area (Å²) in [5.74, 6) is -0.341. The van der Waals surface area contributed by atoms with Crippen molar-refractivity contribution in [2.45, 2.75) is 13.5 Å². The van der Waals surface area contributed by atoms with Gasteiger partial charge in [0.05, 0.1) is 46.9 Å². The molecule has 0 aliphatic carbocycles. The second-order valence-electron chi connectivity index (χ2n) is 4.91. The number of non-ortho nitro benzene ring substituents is 1. The van der Waals surface area contributed by atoms with Crippen molar-refractivity contribution in [2.75, 3.05) is 12.4 Å². The Bertz CT molecular complexity index is 731. The van der Waals surface area contributed by atoms with Gasteiger partial charge in [-0.2, -0.15) is 5.10 Å². The number of carbonyl (C=O) groups is 1. The van der Waals surface area contributed by atoms with E-state index in [0.717, 1.165) is 4.47 Å². The lowest BCUT2D eigenvalue weighted by atomic mass is 10.1. The van der Waals surface area contributed by atoms with E-state index in [1.807, 2.05) is 0 Å². The summed E-state index contributed by atoms with van der Waals surface area (Å²) in [7, 11) is 1.39. The molecule has 9 heteroatoms. The highest BCUT2D eigenvalue weighted by Gasteiger charge is 2.18. The molecule has 0 bridgehead atoms. The third-order valence-electron chi connectivity index (χ3n) is 3.16. The van der Waals surface area contributed by atoms with Gasteiger partial charge in [0.25, 0.3) is 5.69 Å². The van der Waals surface area contributed by atoms with Crippen molar-refractivity contribution in [1.29, 1.82) is 0 Å². The summed E-state index contributed by atoms with van der Waals surface area (Å²) in [5.41, 5.74) is 0.283. The lowest BCUT2D eigenvalue weighted by molar-refractivity contribution is -0.384. The van der Waals surface area contributed by atoms with Crippen LogP contribution in [0.2, 0.25) is 0 Å². The zero-order chi connectivity index (χ0) is 17.0. The molecule has 0 fully saturated rings. The Morgan fingerprint density at radius 2 is 2.30 bits per heavy atom. The van der Waals surface area contributed by atoms with Crippen molar-refractivity contribution in [3.05, 3.63) is 45.2 Å². The quantitative estimate of drug-likeness (QED) is 0.611. The number of nitro benzene ring substituents is 1. The molecule has 1 heterocycles. The highest BCUT2D eigenvalue weighted by Crippen LogP contribution is 2.29. The van der Waals surface area contributed by atoms with Crippen LogP contribution < -0.4 is 10.1 Å². The molecule has 1 unspecified atom stereocenters. The minimum absolute atomic E-state index is 0.103. The number of carbonyl (C=O) groups excluding carboxylic acids is 1. The highest BCUT2D eigenvalue weighted by atomic mass is 79.9. The van der Waals surface area contributed by atoms with E-state index in [1.54, 1.807) is 24.0 Å². The molecule has 0 saturated heterocycles. The Balaban J connectivity index is 2.08. The zero-order valence-corrected chi connectivity index (χ0v) is 14.1. The van der Waals surface area contributed by atoms with Gasteiger partial charge in [-0.1, -0.05) is 6.92 Å². The molecular weight excluding hydrogens is 368 g/mol. The number of ether oxygens (including phenoxy) is 1. The number of benzene rings is 1. The summed E-state index contributed by atoms with van der Waals surface area (Å²) in [4.78, 5) is 22.5. The standard InChI is InChI=1S/C14H15BrN4O4/c1-9(7-18-8-10(15)6-16-18)14(20)17-12-4-3-11(19(21)22)5-13(12)23-2/h3-6,8-9H,7H2,1-2H3,(H,17,20). The molecule has 0 aliphatic heterocycles. The molecule has 0 radical (unpaired) electrons. The summed E-state index contributed by atoms with van der Waals surface area (Å²) >= 11 is 3.29. The number of rotatable bonds is 6. The summed E-state index contributed by atoms with van der Waals surface area (Å²) in [6.45, 7) is 2.18. The van der Waals surface area contributed by atoms with Crippen molar-refractivity contribution < 1.29 is 14.5 Å². The van der Waals surface area contributed by atoms with E-state index in [2.05, 4.69) is 26.3 Å². The first-order valence-electron chi connectivity index (χ1n) is 6.72. The second-order valence-corrected chi connectivity index (χ2v) is 5.83. The topological polar surface area (TPSA) is 99.3 Å². The SMILES string of the molecule is COc1cc([N+](=O)[O-])ccc1NC(=O)C(C)Cn1cc(Br)cn1. The van der Waals surface area contributed by atoms with Crippen LogP contribution in [0, 0.1) is 16.0 Å². The van der Waals surface area contributed by atoms with E-state index in [9.17, 15) is 14.9 Å². The van der Waals surface area contributed by atoms with Gasteiger partial charge in [0.2, 0.25) is 5.91 Å². The van der Waals surface area contributed by atoms with Crippen LogP contribution in [0.25, 0.3) is 0 Å². The normalized spacial score (nSPS) is 11.8. The van der Waals surface area contributed by atoms with Crippen LogP contribution in [-0.2, 0) is 11.3 Å². The van der Waals surface area contributed by atoms with Crippen LogP contribution in [0.5, 0.6) is 5.75 Å². The number of hydrogen-bond donors (Lipinski definition) is 1. The molecule has 1 N–H and O–H groups in total. The Hall–Kier alpha value is -2.42. The van der Waals surface area contributed by atoms with Crippen LogP contribution >= 0.6 is 15.9 Å². The number of anilines is 1. The maximum Gasteiger partial charge on any atom is 0.273 e. The fraction of sp³-hybridized carbons (Fsp3) is 0.286. The van der Waals surface area contributed by atoms with Gasteiger partial charge in [0, 0.05) is 12.3 Å². The number of nitrogens with zero attached hydrogens (tertiary/aromatic N) is 3. The summed E-state index contributed by atoms with van der Waals surface area (Å²) < 4.78 is 7.58. The number of aromatic nitrogens is 2. The Labute approximate surface area is 140 Å². The van der Waals surface area contributed by atoms with Crippen molar-refractivity contribution in [1.82, 2.24) is 9.78 Å². The van der Waals surface area contributed by atoms with Crippen LogP contribution in [0.1, 0.15) is 6.92 Å². The van der Waals surface area contributed by atoms with E-state index in [1.165, 1.54) is 25.3 Å². The predicted molar refractivity (Wildman–Crippen MR) is 87.4 cm³/mol. The lowest BCUT2D eigenvalue weighted by Gasteiger charge is -2.14. The van der Waals surface area contributed by atoms with Crippen molar-refractivity contribution in [3.63, 3.8) is 0 Å². The van der Waals surface area contributed by atoms with E-state index in [4.69, 9.17) is 4.74 Å². The summed E-state index contributed by atoms with van der Waals surface area (Å²) in [6.07, 6.45) is 3.42. The average Bonchev–Trinajstić information content (AvgIpc) is 2.92. The number of halogens is 1. The molecule has 1 aromatic heterocycles. The van der Waals surface area contributed by atoms with Crippen molar-refractivity contribution in [2.24, 2.45) is 5.92 Å². The third-order valence-corrected chi connectivity index (χ3v) is 3.57. The van der Waals surface area contributed by atoms with Crippen LogP contribution in [0.4, 0.5) is 11.4 Å². The van der Waals surface area contributed by atoms with Gasteiger partial charge in [-0.25, -0.2) is 0 Å². The van der Waals surface area contributed by atoms with Gasteiger partial charge in [0.1, 0.15) is 5.75 Å². The first kappa shape index (κ1) is 16.9. The Morgan fingerprint density at radius 3 is 2.87 bits per heavy atom. The molecular formula is C14H15BrN4O4. The fourth-order valence-corrected chi connectivity index (χ4v) is 2.28. The van der Waals surface area contributed by atoms with Crippen LogP contribution in [0.3, 0.4) is 0 Å². The minimum Gasteiger partial charge on any atom is -0.494 e. The molecule has 8 nitrogen and oxygen atoms in total. The van der Waals surface area contributed by atoms with E-state index < -0.39 is 4.92 Å². The van der Waals surface area contributed by atoms with Gasteiger partial charge in [-0.05, 0) is 22.0 Å². The Kier molecular flexibility index (Phi) is 5.32. The maximum atomic E-state index is 12.3. The molecule has 2 aromatic rings. The third kappa shape index (κ3) is 4.28. The second kappa shape index (κ2) is 7.23. The van der Waals surface area contributed by atoms with Crippen molar-refractivity contribution in [3.8, 4) is 5.75 Å². The number of nitro groups is 1. The number of hydrogen-bond acceptors (Lipinski definition) is 5. The van der Waals surface area contributed by atoms with E-state index in [0.29, 0.717) is 12.2 Å². The molecule has 0 spiro atoms. The molecule has 23 heavy (non-hydrogen) atoms. The molecule has 122 valence electrons. The first-order valence-corrected chi connectivity index (χ1v) is 7.51. The zero-order valence-electron chi connectivity index (χ0n) is 12.5. The van der Waals surface area contributed by atoms with Gasteiger partial charge >= 0.3 is 0 Å². The van der Waals surface area contributed by atoms with Gasteiger partial charge in [-0.15, -0.1) is 0 Å². The minimum atomic E-state index is -0.522. The molecule has 2 rings (SSSR count). The molecule has 1 amide bonds. The van der Waals surface area contributed by atoms with E-state index >= 15 is 0 Å². The molecule has 1 aromatic carbocycles. The van der Waals surface area contributed by atoms with Crippen LogP contribution in [-0.4, -0.2) is 27.7 Å². The smallest absolute Gasteiger partial charge is 0.273 e. The highest BCUT2D eigenvalue weighted by molar-refractivity contribution is 9.10. The van der Waals surface area contributed by atoms with Crippen LogP contribution in [0.15, 0.2) is 35.1 Å². The number of amides is 1. The number of nitrogens with one attached hydrogen (secondary N) is 1. The van der Waals surface area contributed by atoms with Gasteiger partial charge in [0.15, 0.2) is 0 Å². The summed E-state index contributed by atoms with van der Waals surface area (Å²) in [6, 6.07) is 4.03. The largest absolute Gasteiger partial charge is 0.494 e. The molecule has 1 atom stereocenters. The lowest BCUT2D eigenvalue weighted by Crippen LogP contribution is -2.24. The van der Waals surface area contributed by atoms with Gasteiger partial charge < -0.3 is 10.1 Å². The summed E-state index contributed by atoms with van der Waals surface area (Å²) in [5, 5.41) is 17.6. The Morgan fingerprint density at radius 1 is 1.57 bits per heavy atom. The maximum absolute atomic E-state index is 12.3. The molecule has 0 aliphatic rings. The fourth-order valence-electron chi connectivity index (χ4n) is 1.95. The molecule has 0 saturated carbocycles. The van der Waals surface area contributed by atoms with Crippen molar-refractivity contribution >= 4 is 33.2 Å². The average molecular weight is 383 g/mol. The van der Waals surface area contributed by atoms with E-state index in [-0.39, 0.29) is 23.3 Å². The first-order chi connectivity index (χ1) is 10.9. The predicted octanol–water partition coefficient (Wildman–Crippen LogP) is 2.84. The number of methoxy groups -OCH3 is 1. The van der Waals surface area contributed by atoms with Gasteiger partial charge in [-0.3, -0.25) is 19.6 Å².